The van der Waals surface area contributed by atoms with Crippen LogP contribution in [0.25, 0.3) is 0 Å². The van der Waals surface area contributed by atoms with Crippen LogP contribution in [0.2, 0.25) is 0 Å². The molecule has 3 heteroatoms. The van der Waals surface area contributed by atoms with E-state index in [9.17, 15) is 4.79 Å². The van der Waals surface area contributed by atoms with Crippen molar-refractivity contribution in [3.63, 3.8) is 0 Å². The second kappa shape index (κ2) is 13.9. The molecule has 0 aromatic heterocycles. The standard InChI is InChI=1S/C10H23N.C6H12O2/c1-5-7-9(3)11-10(4)8-6-2;1-3-4-5(2)6(7)8/h9-11H,5-8H2,1-4H3;5H,3-4H2,1-2H3,(H,7,8). The molecule has 0 bridgehead atoms. The summed E-state index contributed by atoms with van der Waals surface area (Å²) in [5.41, 5.74) is 0. The molecule has 0 aromatic carbocycles. The molecule has 0 aliphatic heterocycles. The molecule has 0 aliphatic rings. The normalized spacial score (nSPS) is 15.1. The molecular formula is C16H35NO2. The minimum Gasteiger partial charge on any atom is -0.481 e. The van der Waals surface area contributed by atoms with Gasteiger partial charge in [0.1, 0.15) is 0 Å². The van der Waals surface area contributed by atoms with Gasteiger partial charge in [0.05, 0.1) is 5.92 Å². The quantitative estimate of drug-likeness (QED) is 0.652. The van der Waals surface area contributed by atoms with E-state index in [1.54, 1.807) is 6.92 Å². The van der Waals surface area contributed by atoms with Crippen LogP contribution in [0, 0.1) is 5.92 Å². The molecule has 3 atom stereocenters. The molecule has 3 unspecified atom stereocenters. The van der Waals surface area contributed by atoms with E-state index in [4.69, 9.17) is 5.11 Å². The Morgan fingerprint density at radius 1 is 0.895 bits per heavy atom. The van der Waals surface area contributed by atoms with Crippen molar-refractivity contribution in [2.45, 2.75) is 92.2 Å². The Morgan fingerprint density at radius 3 is 1.47 bits per heavy atom. The molecule has 0 heterocycles. The second-order valence-corrected chi connectivity index (χ2v) is 5.57. The fraction of sp³-hybridized carbons (Fsp3) is 0.938. The Hall–Kier alpha value is -0.570. The lowest BCUT2D eigenvalue weighted by Crippen LogP contribution is -2.34. The van der Waals surface area contributed by atoms with E-state index in [-0.39, 0.29) is 5.92 Å². The minimum absolute atomic E-state index is 0.167. The SMILES string of the molecule is CCCC(C)C(=O)O.CCCC(C)NC(C)CCC. The van der Waals surface area contributed by atoms with Gasteiger partial charge >= 0.3 is 5.97 Å². The first kappa shape index (κ1) is 20.7. The molecule has 2 N–H and O–H groups in total. The molecule has 0 amide bonds. The average Bonchev–Trinajstić information content (AvgIpc) is 2.30. The maximum Gasteiger partial charge on any atom is 0.306 e. The highest BCUT2D eigenvalue weighted by Gasteiger charge is 2.07. The van der Waals surface area contributed by atoms with Crippen LogP contribution in [-0.2, 0) is 4.79 Å². The van der Waals surface area contributed by atoms with Gasteiger partial charge in [-0.1, -0.05) is 47.0 Å². The highest BCUT2D eigenvalue weighted by atomic mass is 16.4. The van der Waals surface area contributed by atoms with Crippen molar-refractivity contribution in [1.82, 2.24) is 5.32 Å². The fourth-order valence-corrected chi connectivity index (χ4v) is 2.07. The van der Waals surface area contributed by atoms with Crippen molar-refractivity contribution in [3.8, 4) is 0 Å². The molecule has 0 radical (unpaired) electrons. The number of nitrogens with one attached hydrogen (secondary N) is 1. The lowest BCUT2D eigenvalue weighted by molar-refractivity contribution is -0.141. The summed E-state index contributed by atoms with van der Waals surface area (Å²) >= 11 is 0. The fourth-order valence-electron chi connectivity index (χ4n) is 2.07. The van der Waals surface area contributed by atoms with E-state index in [0.29, 0.717) is 12.1 Å². The van der Waals surface area contributed by atoms with Crippen LogP contribution >= 0.6 is 0 Å². The van der Waals surface area contributed by atoms with Crippen molar-refractivity contribution in [3.05, 3.63) is 0 Å². The molecule has 0 aliphatic carbocycles. The third-order valence-electron chi connectivity index (χ3n) is 3.16. The van der Waals surface area contributed by atoms with Crippen LogP contribution in [0.3, 0.4) is 0 Å². The zero-order valence-corrected chi connectivity index (χ0v) is 13.8. The molecular weight excluding hydrogens is 238 g/mol. The summed E-state index contributed by atoms with van der Waals surface area (Å²) < 4.78 is 0. The van der Waals surface area contributed by atoms with Gasteiger partial charge in [0.15, 0.2) is 0 Å². The van der Waals surface area contributed by atoms with Gasteiger partial charge in [0.2, 0.25) is 0 Å². The highest BCUT2D eigenvalue weighted by Crippen LogP contribution is 2.03. The summed E-state index contributed by atoms with van der Waals surface area (Å²) in [6.07, 6.45) is 6.91. The molecule has 0 spiro atoms. The van der Waals surface area contributed by atoms with Crippen molar-refractivity contribution < 1.29 is 9.90 Å². The summed E-state index contributed by atoms with van der Waals surface area (Å²) in [4.78, 5) is 10.1. The summed E-state index contributed by atoms with van der Waals surface area (Å²) in [5, 5.41) is 11.9. The molecule has 0 rings (SSSR count). The van der Waals surface area contributed by atoms with E-state index < -0.39 is 5.97 Å². The second-order valence-electron chi connectivity index (χ2n) is 5.57. The molecule has 19 heavy (non-hydrogen) atoms. The van der Waals surface area contributed by atoms with E-state index in [1.807, 2.05) is 6.92 Å². The van der Waals surface area contributed by atoms with Crippen molar-refractivity contribution in [2.24, 2.45) is 5.92 Å². The summed E-state index contributed by atoms with van der Waals surface area (Å²) in [6, 6.07) is 1.39. The van der Waals surface area contributed by atoms with Crippen LogP contribution in [0.15, 0.2) is 0 Å². The molecule has 0 saturated heterocycles. The number of hydrogen-bond acceptors (Lipinski definition) is 2. The zero-order chi connectivity index (χ0) is 15.3. The van der Waals surface area contributed by atoms with Gasteiger partial charge in [-0.2, -0.15) is 0 Å². The van der Waals surface area contributed by atoms with Gasteiger partial charge < -0.3 is 10.4 Å². The molecule has 0 aromatic rings. The Labute approximate surface area is 120 Å². The van der Waals surface area contributed by atoms with Crippen molar-refractivity contribution in [1.29, 1.82) is 0 Å². The van der Waals surface area contributed by atoms with Gasteiger partial charge in [-0.25, -0.2) is 0 Å². The highest BCUT2D eigenvalue weighted by molar-refractivity contribution is 5.69. The molecule has 3 nitrogen and oxygen atoms in total. The van der Waals surface area contributed by atoms with Crippen LogP contribution < -0.4 is 5.32 Å². The van der Waals surface area contributed by atoms with Crippen LogP contribution in [0.5, 0.6) is 0 Å². The van der Waals surface area contributed by atoms with E-state index in [1.165, 1.54) is 25.7 Å². The molecule has 116 valence electrons. The first-order chi connectivity index (χ1) is 8.88. The molecule has 0 saturated carbocycles. The number of aliphatic carboxylic acids is 1. The first-order valence-corrected chi connectivity index (χ1v) is 7.87. The lowest BCUT2D eigenvalue weighted by atomic mass is 10.1. The lowest BCUT2D eigenvalue weighted by Gasteiger charge is -2.18. The predicted molar refractivity (Wildman–Crippen MR) is 83.6 cm³/mol. The Kier molecular flexibility index (Phi) is 15.1. The maximum atomic E-state index is 10.1. The summed E-state index contributed by atoms with van der Waals surface area (Å²) in [6.45, 7) is 12.7. The molecule has 0 fully saturated rings. The Morgan fingerprint density at radius 2 is 1.26 bits per heavy atom. The van der Waals surface area contributed by atoms with Crippen LogP contribution in [0.1, 0.15) is 80.1 Å². The smallest absolute Gasteiger partial charge is 0.306 e. The van der Waals surface area contributed by atoms with Gasteiger partial charge in [0, 0.05) is 12.1 Å². The topological polar surface area (TPSA) is 49.3 Å². The van der Waals surface area contributed by atoms with Crippen LogP contribution in [-0.4, -0.2) is 23.2 Å². The van der Waals surface area contributed by atoms with Crippen molar-refractivity contribution in [2.75, 3.05) is 0 Å². The predicted octanol–water partition coefficient (Wildman–Crippen LogP) is 4.46. The first-order valence-electron chi connectivity index (χ1n) is 7.87. The summed E-state index contributed by atoms with van der Waals surface area (Å²) in [7, 11) is 0. The van der Waals surface area contributed by atoms with E-state index in [0.717, 1.165) is 12.8 Å². The monoisotopic (exact) mass is 273 g/mol. The number of hydrogen-bond donors (Lipinski definition) is 2. The van der Waals surface area contributed by atoms with Crippen LogP contribution in [0.4, 0.5) is 0 Å². The zero-order valence-electron chi connectivity index (χ0n) is 13.8. The van der Waals surface area contributed by atoms with Gasteiger partial charge in [-0.3, -0.25) is 4.79 Å². The van der Waals surface area contributed by atoms with Gasteiger partial charge in [-0.05, 0) is 33.1 Å². The third kappa shape index (κ3) is 15.4. The maximum absolute atomic E-state index is 10.1. The number of carboxylic acid groups (broad SMARTS) is 1. The van der Waals surface area contributed by atoms with Crippen molar-refractivity contribution >= 4 is 5.97 Å². The number of carbonyl (C=O) groups is 1. The van der Waals surface area contributed by atoms with Gasteiger partial charge in [0.25, 0.3) is 0 Å². The Balaban J connectivity index is 0. The average molecular weight is 273 g/mol. The Bertz CT molecular complexity index is 197. The number of rotatable bonds is 9. The summed E-state index contributed by atoms with van der Waals surface area (Å²) in [5.74, 6) is -0.855. The van der Waals surface area contributed by atoms with E-state index >= 15 is 0 Å². The van der Waals surface area contributed by atoms with E-state index in [2.05, 4.69) is 33.0 Å². The van der Waals surface area contributed by atoms with Gasteiger partial charge in [-0.15, -0.1) is 0 Å². The third-order valence-corrected chi connectivity index (χ3v) is 3.16. The largest absolute Gasteiger partial charge is 0.481 e. The minimum atomic E-state index is -0.688. The number of carboxylic acids is 1.